The molecule has 1 heterocycles. The molecule has 6 nitrogen and oxygen atoms in total. The van der Waals surface area contributed by atoms with Crippen LogP contribution in [0.2, 0.25) is 0 Å². The summed E-state index contributed by atoms with van der Waals surface area (Å²) in [5, 5.41) is 3.22. The SMILES string of the molecule is I.NC(=NCCN1C(=O)C2C3C=CC(C3)C2C1=O)NC1CCCC1. The highest BCUT2D eigenvalue weighted by Gasteiger charge is 2.58. The predicted molar refractivity (Wildman–Crippen MR) is 102 cm³/mol. The molecule has 7 heteroatoms. The molecule has 2 saturated carbocycles. The molecule has 1 saturated heterocycles. The van der Waals surface area contributed by atoms with Crippen molar-refractivity contribution in [3.05, 3.63) is 12.2 Å². The number of nitrogens with zero attached hydrogens (tertiary/aromatic N) is 2. The van der Waals surface area contributed by atoms with Gasteiger partial charge in [0.05, 0.1) is 18.4 Å². The van der Waals surface area contributed by atoms with E-state index in [1.165, 1.54) is 17.7 Å². The van der Waals surface area contributed by atoms with E-state index in [9.17, 15) is 9.59 Å². The van der Waals surface area contributed by atoms with E-state index in [2.05, 4.69) is 22.5 Å². The minimum Gasteiger partial charge on any atom is -0.370 e. The van der Waals surface area contributed by atoms with Crippen LogP contribution in [-0.4, -0.2) is 41.8 Å². The second kappa shape index (κ2) is 7.01. The summed E-state index contributed by atoms with van der Waals surface area (Å²) in [5.74, 6) is 0.723. The van der Waals surface area contributed by atoms with E-state index in [1.54, 1.807) is 0 Å². The number of hydrogen-bond acceptors (Lipinski definition) is 3. The van der Waals surface area contributed by atoms with Gasteiger partial charge < -0.3 is 11.1 Å². The number of imide groups is 1. The molecular formula is C17H25IN4O2. The number of fused-ring (bicyclic) bond motifs is 5. The maximum absolute atomic E-state index is 12.5. The number of guanidine groups is 1. The van der Waals surface area contributed by atoms with E-state index in [0.717, 1.165) is 19.3 Å². The molecule has 2 bridgehead atoms. The maximum atomic E-state index is 12.5. The Labute approximate surface area is 159 Å². The third-order valence-corrected chi connectivity index (χ3v) is 5.87. The minimum atomic E-state index is -0.115. The molecular weight excluding hydrogens is 419 g/mol. The highest BCUT2D eigenvalue weighted by molar-refractivity contribution is 14.0. The molecule has 24 heavy (non-hydrogen) atoms. The van der Waals surface area contributed by atoms with Crippen LogP contribution in [0.4, 0.5) is 0 Å². The van der Waals surface area contributed by atoms with Gasteiger partial charge in [-0.2, -0.15) is 0 Å². The van der Waals surface area contributed by atoms with Crippen LogP contribution in [0, 0.1) is 23.7 Å². The van der Waals surface area contributed by atoms with Gasteiger partial charge in [-0.15, -0.1) is 24.0 Å². The Morgan fingerprint density at radius 1 is 1.17 bits per heavy atom. The number of aliphatic imine (C=N–C) groups is 1. The molecule has 2 amide bonds. The Morgan fingerprint density at radius 2 is 1.75 bits per heavy atom. The van der Waals surface area contributed by atoms with E-state index in [-0.39, 0.29) is 59.5 Å². The van der Waals surface area contributed by atoms with Crippen LogP contribution >= 0.6 is 24.0 Å². The summed E-state index contributed by atoms with van der Waals surface area (Å²) in [6.45, 7) is 0.725. The summed E-state index contributed by atoms with van der Waals surface area (Å²) in [5.41, 5.74) is 5.89. The molecule has 0 radical (unpaired) electrons. The first kappa shape index (κ1) is 17.7. The Hall–Kier alpha value is -1.12. The number of rotatable bonds is 4. The molecule has 3 N–H and O–H groups in total. The van der Waals surface area contributed by atoms with Crippen LogP contribution in [0.1, 0.15) is 32.1 Å². The highest BCUT2D eigenvalue weighted by atomic mass is 127. The van der Waals surface area contributed by atoms with Crippen LogP contribution in [0.25, 0.3) is 0 Å². The van der Waals surface area contributed by atoms with Gasteiger partial charge in [-0.05, 0) is 31.1 Å². The van der Waals surface area contributed by atoms with Gasteiger partial charge in [0.1, 0.15) is 0 Å². The number of carbonyl (C=O) groups is 2. The van der Waals surface area contributed by atoms with Gasteiger partial charge in [0.2, 0.25) is 11.8 Å². The van der Waals surface area contributed by atoms with Crippen molar-refractivity contribution in [2.75, 3.05) is 13.1 Å². The summed E-state index contributed by atoms with van der Waals surface area (Å²) in [7, 11) is 0. The zero-order valence-electron chi connectivity index (χ0n) is 13.7. The Balaban J connectivity index is 0.00000169. The predicted octanol–water partition coefficient (Wildman–Crippen LogP) is 1.26. The summed E-state index contributed by atoms with van der Waals surface area (Å²) in [6.07, 6.45) is 9.94. The summed E-state index contributed by atoms with van der Waals surface area (Å²) < 4.78 is 0. The minimum absolute atomic E-state index is 0. The quantitative estimate of drug-likeness (QED) is 0.225. The normalized spacial score (nSPS) is 34.8. The molecule has 132 valence electrons. The van der Waals surface area contributed by atoms with Gasteiger partial charge in [-0.25, -0.2) is 0 Å². The number of amides is 2. The van der Waals surface area contributed by atoms with Crippen LogP contribution < -0.4 is 11.1 Å². The zero-order valence-corrected chi connectivity index (χ0v) is 16.0. The van der Waals surface area contributed by atoms with Crippen LogP contribution in [0.15, 0.2) is 17.1 Å². The molecule has 0 aromatic rings. The summed E-state index contributed by atoms with van der Waals surface area (Å²) in [6, 6.07) is 0.426. The third kappa shape index (κ3) is 2.95. The first-order chi connectivity index (χ1) is 11.1. The smallest absolute Gasteiger partial charge is 0.233 e. The second-order valence-electron chi connectivity index (χ2n) is 7.22. The number of hydrogen-bond donors (Lipinski definition) is 2. The lowest BCUT2D eigenvalue weighted by molar-refractivity contribution is -0.140. The van der Waals surface area contributed by atoms with Crippen LogP contribution in [-0.2, 0) is 9.59 Å². The Kier molecular flexibility index (Phi) is 5.17. The fraction of sp³-hybridized carbons (Fsp3) is 0.706. The molecule has 4 rings (SSSR count). The topological polar surface area (TPSA) is 87.8 Å². The van der Waals surface area contributed by atoms with E-state index in [0.29, 0.717) is 25.1 Å². The number of likely N-dealkylation sites (tertiary alicyclic amines) is 1. The highest BCUT2D eigenvalue weighted by Crippen LogP contribution is 2.52. The number of nitrogens with two attached hydrogens (primary N) is 1. The average Bonchev–Trinajstić information content (AvgIpc) is 3.28. The molecule has 1 aliphatic heterocycles. The van der Waals surface area contributed by atoms with E-state index in [1.807, 2.05) is 0 Å². The summed E-state index contributed by atoms with van der Waals surface area (Å²) in [4.78, 5) is 30.7. The van der Waals surface area contributed by atoms with Gasteiger partial charge in [-0.3, -0.25) is 19.5 Å². The van der Waals surface area contributed by atoms with Crippen molar-refractivity contribution < 1.29 is 9.59 Å². The lowest BCUT2D eigenvalue weighted by atomic mass is 9.85. The zero-order chi connectivity index (χ0) is 16.0. The average molecular weight is 444 g/mol. The first-order valence-corrected chi connectivity index (χ1v) is 8.75. The molecule has 0 aromatic carbocycles. The van der Waals surface area contributed by atoms with Crippen LogP contribution in [0.5, 0.6) is 0 Å². The molecule has 4 unspecified atom stereocenters. The van der Waals surface area contributed by atoms with Gasteiger partial charge in [-0.1, -0.05) is 25.0 Å². The van der Waals surface area contributed by atoms with Crippen molar-refractivity contribution in [1.29, 1.82) is 0 Å². The van der Waals surface area contributed by atoms with Crippen molar-refractivity contribution in [2.24, 2.45) is 34.4 Å². The largest absolute Gasteiger partial charge is 0.370 e. The lowest BCUT2D eigenvalue weighted by Gasteiger charge is -2.16. The van der Waals surface area contributed by atoms with Crippen molar-refractivity contribution in [1.82, 2.24) is 10.2 Å². The van der Waals surface area contributed by atoms with Crippen molar-refractivity contribution in [3.63, 3.8) is 0 Å². The van der Waals surface area contributed by atoms with Gasteiger partial charge in [0, 0.05) is 12.6 Å². The molecule has 3 fully saturated rings. The lowest BCUT2D eigenvalue weighted by Crippen LogP contribution is -2.40. The molecule has 0 spiro atoms. The Bertz CT molecular complexity index is 555. The Morgan fingerprint density at radius 3 is 2.33 bits per heavy atom. The van der Waals surface area contributed by atoms with Gasteiger partial charge in [0.25, 0.3) is 0 Å². The molecule has 4 aliphatic rings. The fourth-order valence-electron chi connectivity index (χ4n) is 4.78. The van der Waals surface area contributed by atoms with Crippen molar-refractivity contribution in [3.8, 4) is 0 Å². The monoisotopic (exact) mass is 444 g/mol. The number of carbonyl (C=O) groups excluding carboxylic acids is 2. The van der Waals surface area contributed by atoms with E-state index in [4.69, 9.17) is 5.73 Å². The fourth-order valence-corrected chi connectivity index (χ4v) is 4.78. The number of allylic oxidation sites excluding steroid dienone is 2. The number of nitrogens with one attached hydrogen (secondary N) is 1. The van der Waals surface area contributed by atoms with Crippen LogP contribution in [0.3, 0.4) is 0 Å². The van der Waals surface area contributed by atoms with E-state index >= 15 is 0 Å². The van der Waals surface area contributed by atoms with E-state index < -0.39 is 0 Å². The van der Waals surface area contributed by atoms with Crippen molar-refractivity contribution in [2.45, 2.75) is 38.1 Å². The third-order valence-electron chi connectivity index (χ3n) is 5.87. The standard InChI is InChI=1S/C17H24N4O2.HI/c18-17(20-12-3-1-2-4-12)19-7-8-21-15(22)13-10-5-6-11(9-10)14(13)16(21)23;/h5-6,10-14H,1-4,7-9H2,(H3,18,19,20);1H. The molecule has 0 aromatic heterocycles. The first-order valence-electron chi connectivity index (χ1n) is 8.75. The molecule has 3 aliphatic carbocycles. The van der Waals surface area contributed by atoms with Gasteiger partial charge >= 0.3 is 0 Å². The van der Waals surface area contributed by atoms with Crippen molar-refractivity contribution >= 4 is 41.8 Å². The maximum Gasteiger partial charge on any atom is 0.233 e. The van der Waals surface area contributed by atoms with Gasteiger partial charge in [0.15, 0.2) is 5.96 Å². The molecule has 4 atom stereocenters. The number of halogens is 1. The second-order valence-corrected chi connectivity index (χ2v) is 7.22. The summed E-state index contributed by atoms with van der Waals surface area (Å²) >= 11 is 0.